The van der Waals surface area contributed by atoms with Crippen molar-refractivity contribution >= 4 is 17.9 Å². The fraction of sp³-hybridized carbons (Fsp3) is 0.800. The van der Waals surface area contributed by atoms with Gasteiger partial charge in [-0.2, -0.15) is 0 Å². The summed E-state index contributed by atoms with van der Waals surface area (Å²) in [7, 11) is 5.95. The van der Waals surface area contributed by atoms with Crippen LogP contribution in [-0.4, -0.2) is 87.4 Å². The largest absolute Gasteiger partial charge is 0.477 e. The summed E-state index contributed by atoms with van der Waals surface area (Å²) in [6.07, 6.45) is 53.2. The summed E-state index contributed by atoms with van der Waals surface area (Å²) in [5, 5.41) is 9.67. The zero-order valence-electron chi connectivity index (χ0n) is 42.2. The van der Waals surface area contributed by atoms with E-state index in [1.54, 1.807) is 0 Å². The van der Waals surface area contributed by atoms with Crippen molar-refractivity contribution in [2.24, 2.45) is 0 Å². The van der Waals surface area contributed by atoms with Crippen LogP contribution in [0.5, 0.6) is 0 Å². The van der Waals surface area contributed by atoms with Crippen LogP contribution < -0.4 is 0 Å². The molecule has 0 spiro atoms. The molecule has 9 nitrogen and oxygen atoms in total. The highest BCUT2D eigenvalue weighted by molar-refractivity contribution is 5.71. The Hall–Kier alpha value is -2.75. The number of likely N-dealkylation sites (N-methyl/N-ethyl adjacent to an activating group) is 1. The maximum Gasteiger partial charge on any atom is 0.361 e. The summed E-state index contributed by atoms with van der Waals surface area (Å²) < 4.78 is 22.8. The van der Waals surface area contributed by atoms with Crippen molar-refractivity contribution in [1.29, 1.82) is 0 Å². The molecule has 0 rings (SSSR count). The average molecular weight is 903 g/mol. The van der Waals surface area contributed by atoms with Crippen molar-refractivity contribution in [3.05, 3.63) is 48.6 Å². The molecular formula is C55H100NO8+. The van der Waals surface area contributed by atoms with Crippen molar-refractivity contribution in [2.75, 3.05) is 47.5 Å². The highest BCUT2D eigenvalue weighted by atomic mass is 16.7. The minimum atomic E-state index is -1.52. The number of carbonyl (C=O) groups is 3. The van der Waals surface area contributed by atoms with E-state index in [1.165, 1.54) is 122 Å². The number of carboxylic acids is 1. The molecule has 0 radical (unpaired) electrons. The van der Waals surface area contributed by atoms with Gasteiger partial charge < -0.3 is 28.5 Å². The molecule has 372 valence electrons. The van der Waals surface area contributed by atoms with Crippen LogP contribution in [0, 0.1) is 0 Å². The van der Waals surface area contributed by atoms with Gasteiger partial charge in [0.1, 0.15) is 13.2 Å². The van der Waals surface area contributed by atoms with Crippen LogP contribution in [0.3, 0.4) is 0 Å². The van der Waals surface area contributed by atoms with Crippen LogP contribution >= 0.6 is 0 Å². The molecular weight excluding hydrogens is 803 g/mol. The minimum Gasteiger partial charge on any atom is -0.477 e. The number of nitrogens with zero attached hydrogens (tertiary/aromatic N) is 1. The number of esters is 2. The molecule has 0 aliphatic rings. The highest BCUT2D eigenvalue weighted by Gasteiger charge is 2.25. The lowest BCUT2D eigenvalue weighted by molar-refractivity contribution is -0.870. The molecule has 0 bridgehead atoms. The van der Waals surface area contributed by atoms with Gasteiger partial charge in [-0.3, -0.25) is 9.59 Å². The smallest absolute Gasteiger partial charge is 0.361 e. The van der Waals surface area contributed by atoms with Gasteiger partial charge in [-0.15, -0.1) is 0 Å². The predicted octanol–water partition coefficient (Wildman–Crippen LogP) is 14.7. The number of carboxylic acid groups (broad SMARTS) is 1. The van der Waals surface area contributed by atoms with Crippen molar-refractivity contribution in [3.8, 4) is 0 Å². The predicted molar refractivity (Wildman–Crippen MR) is 267 cm³/mol. The standard InChI is InChI=1S/C55H99NO8/c1-6-8-10-12-14-16-18-20-22-24-25-26-27-28-30-31-33-35-37-39-41-43-45-52(57)62-49-51(50-63-55(54(59)60)61-48-47-56(3,4)5)64-53(58)46-44-42-40-38-36-34-32-29-23-21-19-17-15-13-11-9-7-2/h9,11,15,17,21,23,32,34,51,55H,6-8,10,12-14,16,18-20,22,24-31,33,35-50H2,1-5H3/p+1/b11-9-,17-15-,23-21-,34-32-. The third-order valence-electron chi connectivity index (χ3n) is 11.3. The Morgan fingerprint density at radius 2 is 0.891 bits per heavy atom. The fourth-order valence-electron chi connectivity index (χ4n) is 7.30. The van der Waals surface area contributed by atoms with Gasteiger partial charge in [0.15, 0.2) is 6.10 Å². The second kappa shape index (κ2) is 46.8. The molecule has 64 heavy (non-hydrogen) atoms. The number of hydrogen-bond donors (Lipinski definition) is 1. The number of hydrogen-bond acceptors (Lipinski definition) is 7. The number of carbonyl (C=O) groups excluding carboxylic acids is 2. The number of ether oxygens (including phenoxy) is 4. The van der Waals surface area contributed by atoms with Gasteiger partial charge in [-0.05, 0) is 51.4 Å². The molecule has 0 saturated carbocycles. The number of rotatable bonds is 48. The van der Waals surface area contributed by atoms with E-state index in [-0.39, 0.29) is 32.2 Å². The lowest BCUT2D eigenvalue weighted by Gasteiger charge is -2.25. The molecule has 0 amide bonds. The average Bonchev–Trinajstić information content (AvgIpc) is 3.26. The number of aliphatic carboxylic acids is 1. The van der Waals surface area contributed by atoms with E-state index in [0.29, 0.717) is 23.9 Å². The highest BCUT2D eigenvalue weighted by Crippen LogP contribution is 2.16. The quantitative estimate of drug-likeness (QED) is 0.0211. The molecule has 0 fully saturated rings. The SMILES string of the molecule is CC/C=C\C/C=C\C/C=C\C/C=C\CCCCCCC(=O)OC(COC(=O)CCCCCCCCCCCCCCCCCCCCCCCC)COC(OCC[N+](C)(C)C)C(=O)O. The summed E-state index contributed by atoms with van der Waals surface area (Å²) in [4.78, 5) is 37.3. The van der Waals surface area contributed by atoms with Crippen molar-refractivity contribution in [3.63, 3.8) is 0 Å². The Morgan fingerprint density at radius 1 is 0.484 bits per heavy atom. The molecule has 0 heterocycles. The summed E-state index contributed by atoms with van der Waals surface area (Å²) in [6, 6.07) is 0. The molecule has 0 aromatic heterocycles. The minimum absolute atomic E-state index is 0.182. The van der Waals surface area contributed by atoms with Gasteiger partial charge in [-0.1, -0.05) is 210 Å². The maximum atomic E-state index is 12.8. The van der Waals surface area contributed by atoms with E-state index < -0.39 is 24.3 Å². The van der Waals surface area contributed by atoms with Gasteiger partial charge in [0.05, 0.1) is 34.4 Å². The van der Waals surface area contributed by atoms with Gasteiger partial charge in [0.25, 0.3) is 6.29 Å². The Kier molecular flexibility index (Phi) is 44.8. The molecule has 0 aliphatic carbocycles. The number of unbranched alkanes of at least 4 members (excludes halogenated alkanes) is 25. The van der Waals surface area contributed by atoms with E-state index in [2.05, 4.69) is 62.5 Å². The molecule has 0 saturated heterocycles. The van der Waals surface area contributed by atoms with E-state index >= 15 is 0 Å². The van der Waals surface area contributed by atoms with E-state index in [0.717, 1.165) is 70.6 Å². The van der Waals surface area contributed by atoms with Gasteiger partial charge in [0, 0.05) is 12.8 Å². The third kappa shape index (κ3) is 47.2. The van der Waals surface area contributed by atoms with Gasteiger partial charge >= 0.3 is 17.9 Å². The lowest BCUT2D eigenvalue weighted by Crippen LogP contribution is -2.40. The monoisotopic (exact) mass is 903 g/mol. The Bertz CT molecular complexity index is 1190. The van der Waals surface area contributed by atoms with Crippen molar-refractivity contribution in [1.82, 2.24) is 0 Å². The first kappa shape index (κ1) is 61.2. The van der Waals surface area contributed by atoms with Crippen LogP contribution in [0.15, 0.2) is 48.6 Å². The summed E-state index contributed by atoms with van der Waals surface area (Å²) >= 11 is 0. The van der Waals surface area contributed by atoms with Crippen molar-refractivity contribution < 1.29 is 42.9 Å². The first-order valence-corrected chi connectivity index (χ1v) is 26.3. The second-order valence-electron chi connectivity index (χ2n) is 18.8. The Labute approximate surface area is 393 Å². The Balaban J connectivity index is 4.31. The van der Waals surface area contributed by atoms with E-state index in [4.69, 9.17) is 18.9 Å². The molecule has 0 aromatic rings. The first-order valence-electron chi connectivity index (χ1n) is 26.3. The van der Waals surface area contributed by atoms with Gasteiger partial charge in [0.2, 0.25) is 0 Å². The normalized spacial score (nSPS) is 13.2. The molecule has 0 aliphatic heterocycles. The van der Waals surface area contributed by atoms with Crippen LogP contribution in [-0.2, 0) is 33.3 Å². The molecule has 0 aromatic carbocycles. The van der Waals surface area contributed by atoms with Gasteiger partial charge in [-0.25, -0.2) is 4.79 Å². The number of quaternary nitrogens is 1. The lowest BCUT2D eigenvalue weighted by atomic mass is 10.0. The van der Waals surface area contributed by atoms with Crippen LogP contribution in [0.25, 0.3) is 0 Å². The van der Waals surface area contributed by atoms with E-state index in [9.17, 15) is 19.5 Å². The van der Waals surface area contributed by atoms with E-state index in [1.807, 2.05) is 21.1 Å². The third-order valence-corrected chi connectivity index (χ3v) is 11.3. The summed E-state index contributed by atoms with van der Waals surface area (Å²) in [5.41, 5.74) is 0. The molecule has 1 N–H and O–H groups in total. The van der Waals surface area contributed by atoms with Crippen LogP contribution in [0.1, 0.15) is 226 Å². The molecule has 2 unspecified atom stereocenters. The Morgan fingerprint density at radius 3 is 1.33 bits per heavy atom. The zero-order chi connectivity index (χ0) is 47.0. The van der Waals surface area contributed by atoms with Crippen molar-refractivity contribution in [2.45, 2.75) is 238 Å². The summed E-state index contributed by atoms with van der Waals surface area (Å²) in [6.45, 7) is 4.75. The second-order valence-corrected chi connectivity index (χ2v) is 18.8. The molecule has 9 heteroatoms. The van der Waals surface area contributed by atoms with Crippen LogP contribution in [0.2, 0.25) is 0 Å². The topological polar surface area (TPSA) is 108 Å². The first-order chi connectivity index (χ1) is 31.1. The zero-order valence-corrected chi connectivity index (χ0v) is 42.2. The number of allylic oxidation sites excluding steroid dienone is 8. The van der Waals surface area contributed by atoms with Crippen LogP contribution in [0.4, 0.5) is 0 Å². The maximum absolute atomic E-state index is 12.8. The summed E-state index contributed by atoms with van der Waals surface area (Å²) in [5.74, 6) is -2.03. The fourth-order valence-corrected chi connectivity index (χ4v) is 7.30. The molecule has 2 atom stereocenters.